The maximum absolute atomic E-state index is 11.8. The average Bonchev–Trinajstić information content (AvgIpc) is 2.36. The van der Waals surface area contributed by atoms with Crippen LogP contribution in [-0.4, -0.2) is 24.4 Å². The quantitative estimate of drug-likeness (QED) is 0.787. The number of rotatable bonds is 3. The molecule has 0 aliphatic carbocycles. The summed E-state index contributed by atoms with van der Waals surface area (Å²) in [6.45, 7) is -0.0373. The second kappa shape index (κ2) is 4.28. The van der Waals surface area contributed by atoms with Crippen molar-refractivity contribution >= 4 is 16.7 Å². The summed E-state index contributed by atoms with van der Waals surface area (Å²) in [6, 6.07) is 7.42. The maximum atomic E-state index is 11.8. The van der Waals surface area contributed by atoms with Gasteiger partial charge in [0.1, 0.15) is 5.75 Å². The van der Waals surface area contributed by atoms with Crippen molar-refractivity contribution in [1.82, 2.24) is 4.98 Å². The van der Waals surface area contributed by atoms with Gasteiger partial charge in [-0.25, -0.2) is 0 Å². The van der Waals surface area contributed by atoms with Crippen LogP contribution in [0.25, 0.3) is 10.9 Å². The van der Waals surface area contributed by atoms with E-state index >= 15 is 0 Å². The van der Waals surface area contributed by atoms with Crippen LogP contribution in [0.15, 0.2) is 30.5 Å². The van der Waals surface area contributed by atoms with Crippen LogP contribution in [-0.2, 0) is 0 Å². The minimum absolute atomic E-state index is 0.0373. The van der Waals surface area contributed by atoms with Crippen LogP contribution in [0, 0.1) is 0 Å². The van der Waals surface area contributed by atoms with Gasteiger partial charge in [-0.05, 0) is 6.07 Å². The van der Waals surface area contributed by atoms with E-state index in [2.05, 4.69) is 4.98 Å². The normalized spacial score (nSPS) is 10.4. The molecule has 0 saturated carbocycles. The number of benzene rings is 1. The lowest BCUT2D eigenvalue weighted by atomic mass is 10.0. The van der Waals surface area contributed by atoms with Gasteiger partial charge in [0.2, 0.25) is 0 Å². The van der Waals surface area contributed by atoms with Gasteiger partial charge in [0.25, 0.3) is 0 Å². The SMILES string of the molecule is COc1cnc2ccccc2c1C(=O)CN. The summed E-state index contributed by atoms with van der Waals surface area (Å²) in [4.78, 5) is 16.0. The lowest BCUT2D eigenvalue weighted by molar-refractivity contribution is 0.1000. The van der Waals surface area contributed by atoms with Crippen LogP contribution in [0.4, 0.5) is 0 Å². The molecule has 2 rings (SSSR count). The Labute approximate surface area is 93.0 Å². The Kier molecular flexibility index (Phi) is 2.83. The number of ether oxygens (including phenoxy) is 1. The number of methoxy groups -OCH3 is 1. The summed E-state index contributed by atoms with van der Waals surface area (Å²) in [5, 5.41) is 0.775. The van der Waals surface area contributed by atoms with Crippen LogP contribution in [0.5, 0.6) is 5.75 Å². The molecule has 82 valence electrons. The maximum Gasteiger partial charge on any atom is 0.180 e. The fraction of sp³-hybridized carbons (Fsp3) is 0.167. The van der Waals surface area contributed by atoms with Crippen LogP contribution in [0.1, 0.15) is 10.4 Å². The van der Waals surface area contributed by atoms with E-state index in [0.29, 0.717) is 11.3 Å². The Morgan fingerprint density at radius 1 is 1.44 bits per heavy atom. The Balaban J connectivity index is 2.78. The highest BCUT2D eigenvalue weighted by atomic mass is 16.5. The van der Waals surface area contributed by atoms with Gasteiger partial charge in [0.05, 0.1) is 30.9 Å². The number of fused-ring (bicyclic) bond motifs is 1. The Morgan fingerprint density at radius 3 is 2.88 bits per heavy atom. The van der Waals surface area contributed by atoms with E-state index in [-0.39, 0.29) is 12.3 Å². The van der Waals surface area contributed by atoms with Gasteiger partial charge in [-0.15, -0.1) is 0 Å². The molecule has 0 saturated heterocycles. The van der Waals surface area contributed by atoms with E-state index in [1.807, 2.05) is 24.3 Å². The second-order valence-corrected chi connectivity index (χ2v) is 3.35. The molecule has 2 aromatic rings. The van der Waals surface area contributed by atoms with Crippen LogP contribution < -0.4 is 10.5 Å². The van der Waals surface area contributed by atoms with E-state index in [0.717, 1.165) is 10.9 Å². The number of Topliss-reactive ketones (excluding diaryl/α,β-unsaturated/α-hetero) is 1. The standard InChI is InChI=1S/C12H12N2O2/c1-16-11-7-14-9-5-3-2-4-8(9)12(11)10(15)6-13/h2-5,7H,6,13H2,1H3. The number of ketones is 1. The van der Waals surface area contributed by atoms with Crippen molar-refractivity contribution in [3.8, 4) is 5.75 Å². The molecule has 0 spiro atoms. The molecule has 1 aromatic heterocycles. The van der Waals surface area contributed by atoms with E-state index < -0.39 is 0 Å². The number of pyridine rings is 1. The Morgan fingerprint density at radius 2 is 2.19 bits per heavy atom. The molecule has 0 amide bonds. The summed E-state index contributed by atoms with van der Waals surface area (Å²) in [6.07, 6.45) is 1.55. The third-order valence-electron chi connectivity index (χ3n) is 2.42. The number of nitrogens with zero attached hydrogens (tertiary/aromatic N) is 1. The predicted octanol–water partition coefficient (Wildman–Crippen LogP) is 1.38. The van der Waals surface area contributed by atoms with Gasteiger partial charge < -0.3 is 10.5 Å². The number of carbonyl (C=O) groups excluding carboxylic acids is 1. The highest BCUT2D eigenvalue weighted by Gasteiger charge is 2.15. The molecule has 0 aliphatic rings. The average molecular weight is 216 g/mol. The smallest absolute Gasteiger partial charge is 0.180 e. The summed E-state index contributed by atoms with van der Waals surface area (Å²) in [5.74, 6) is 0.324. The van der Waals surface area contributed by atoms with Crippen molar-refractivity contribution in [3.05, 3.63) is 36.0 Å². The summed E-state index contributed by atoms with van der Waals surface area (Å²) in [5.41, 5.74) is 6.67. The van der Waals surface area contributed by atoms with E-state index in [1.54, 1.807) is 6.20 Å². The molecule has 0 fully saturated rings. The second-order valence-electron chi connectivity index (χ2n) is 3.35. The first kappa shape index (κ1) is 10.6. The zero-order valence-corrected chi connectivity index (χ0v) is 8.93. The molecule has 2 N–H and O–H groups in total. The molecule has 0 atom stereocenters. The van der Waals surface area contributed by atoms with Crippen molar-refractivity contribution in [3.63, 3.8) is 0 Å². The zero-order valence-electron chi connectivity index (χ0n) is 8.93. The number of carbonyl (C=O) groups is 1. The van der Waals surface area contributed by atoms with Crippen LogP contribution >= 0.6 is 0 Å². The van der Waals surface area contributed by atoms with Crippen molar-refractivity contribution in [1.29, 1.82) is 0 Å². The summed E-state index contributed by atoms with van der Waals surface area (Å²) < 4.78 is 5.14. The fourth-order valence-corrected chi connectivity index (χ4v) is 1.67. The summed E-state index contributed by atoms with van der Waals surface area (Å²) >= 11 is 0. The number of para-hydroxylation sites is 1. The molecule has 1 aromatic carbocycles. The Bertz CT molecular complexity index is 538. The van der Waals surface area contributed by atoms with E-state index in [1.165, 1.54) is 7.11 Å². The first-order valence-electron chi connectivity index (χ1n) is 4.93. The van der Waals surface area contributed by atoms with Crippen LogP contribution in [0.3, 0.4) is 0 Å². The zero-order chi connectivity index (χ0) is 11.5. The molecule has 0 radical (unpaired) electrons. The van der Waals surface area contributed by atoms with Gasteiger partial charge >= 0.3 is 0 Å². The molecule has 0 aliphatic heterocycles. The number of aromatic nitrogens is 1. The van der Waals surface area contributed by atoms with Gasteiger partial charge in [-0.1, -0.05) is 18.2 Å². The minimum Gasteiger partial charge on any atom is -0.494 e. The minimum atomic E-state index is -0.143. The summed E-state index contributed by atoms with van der Waals surface area (Å²) in [7, 11) is 1.51. The Hall–Kier alpha value is -1.94. The molecular weight excluding hydrogens is 204 g/mol. The lowest BCUT2D eigenvalue weighted by Crippen LogP contribution is -2.15. The third-order valence-corrected chi connectivity index (χ3v) is 2.42. The number of hydrogen-bond donors (Lipinski definition) is 1. The van der Waals surface area contributed by atoms with Gasteiger partial charge in [0, 0.05) is 5.39 Å². The monoisotopic (exact) mass is 216 g/mol. The molecule has 1 heterocycles. The molecule has 4 heteroatoms. The molecule has 0 bridgehead atoms. The van der Waals surface area contributed by atoms with Gasteiger partial charge in [-0.2, -0.15) is 0 Å². The third kappa shape index (κ3) is 1.63. The molecule has 16 heavy (non-hydrogen) atoms. The highest BCUT2D eigenvalue weighted by Crippen LogP contribution is 2.25. The van der Waals surface area contributed by atoms with E-state index in [9.17, 15) is 4.79 Å². The van der Waals surface area contributed by atoms with Gasteiger partial charge in [-0.3, -0.25) is 9.78 Å². The molecule has 0 unspecified atom stereocenters. The topological polar surface area (TPSA) is 65.2 Å². The molecule has 4 nitrogen and oxygen atoms in total. The first-order valence-corrected chi connectivity index (χ1v) is 4.93. The van der Waals surface area contributed by atoms with Crippen LogP contribution in [0.2, 0.25) is 0 Å². The van der Waals surface area contributed by atoms with Crippen molar-refractivity contribution in [2.45, 2.75) is 0 Å². The number of nitrogens with two attached hydrogens (primary N) is 1. The molecular formula is C12H12N2O2. The lowest BCUT2D eigenvalue weighted by Gasteiger charge is -2.09. The van der Waals surface area contributed by atoms with Crippen molar-refractivity contribution < 1.29 is 9.53 Å². The highest BCUT2D eigenvalue weighted by molar-refractivity contribution is 6.10. The van der Waals surface area contributed by atoms with Crippen molar-refractivity contribution in [2.75, 3.05) is 13.7 Å². The largest absolute Gasteiger partial charge is 0.494 e. The fourth-order valence-electron chi connectivity index (χ4n) is 1.67. The first-order chi connectivity index (χ1) is 7.77. The van der Waals surface area contributed by atoms with E-state index in [4.69, 9.17) is 10.5 Å². The number of hydrogen-bond acceptors (Lipinski definition) is 4. The predicted molar refractivity (Wildman–Crippen MR) is 61.7 cm³/mol. The van der Waals surface area contributed by atoms with Crippen molar-refractivity contribution in [2.24, 2.45) is 5.73 Å². The van der Waals surface area contributed by atoms with Gasteiger partial charge in [0.15, 0.2) is 5.78 Å².